The minimum absolute atomic E-state index is 0.282. The molecule has 1 aromatic heterocycles. The highest BCUT2D eigenvalue weighted by Gasteiger charge is 2.33. The molecule has 0 aliphatic carbocycles. The second-order valence-corrected chi connectivity index (χ2v) is 6.29. The Bertz CT molecular complexity index is 1200. The number of carbonyl (C=O) groups is 3. The average Bonchev–Trinajstić information content (AvgIpc) is 3.23. The van der Waals surface area contributed by atoms with Gasteiger partial charge in [-0.15, -0.1) is 0 Å². The number of hydrogen-bond acceptors (Lipinski definition) is 9. The van der Waals surface area contributed by atoms with Crippen molar-refractivity contribution in [3.05, 3.63) is 81.3 Å². The van der Waals surface area contributed by atoms with Crippen molar-refractivity contribution in [1.82, 2.24) is 5.43 Å². The Morgan fingerprint density at radius 3 is 2.39 bits per heavy atom. The molecule has 0 bridgehead atoms. The number of nitro benzene ring substituents is 1. The van der Waals surface area contributed by atoms with E-state index in [1.807, 2.05) is 19.1 Å². The second kappa shape index (κ2) is 8.47. The van der Waals surface area contributed by atoms with Crippen molar-refractivity contribution in [2.45, 2.75) is 6.92 Å². The molecule has 3 rings (SSSR count). The first kappa shape index (κ1) is 21.2. The summed E-state index contributed by atoms with van der Waals surface area (Å²) in [5, 5.41) is 21.0. The molecule has 0 aliphatic heterocycles. The molecule has 1 heterocycles. The molecule has 0 radical (unpaired) electrons. The van der Waals surface area contributed by atoms with E-state index in [-0.39, 0.29) is 5.76 Å². The number of nitro groups is 1. The van der Waals surface area contributed by atoms with Gasteiger partial charge < -0.3 is 14.3 Å². The standard InChI is InChI=1S/C20H15N3O8/c1-10-2-4-11(5-3-10)12-8-9-30-17(12)20(27)31-19(26)13-6-7-14(24)16(23(28)29)15(13)18(25)22-21/h2-9,24H,21H2,1H3,(H,22,25). The van der Waals surface area contributed by atoms with Crippen molar-refractivity contribution in [2.75, 3.05) is 0 Å². The molecule has 0 saturated heterocycles. The van der Waals surface area contributed by atoms with Crippen LogP contribution in [0.25, 0.3) is 11.1 Å². The summed E-state index contributed by atoms with van der Waals surface area (Å²) in [7, 11) is 0. The van der Waals surface area contributed by atoms with Gasteiger partial charge in [0.1, 0.15) is 5.56 Å². The Hall–Kier alpha value is -4.51. The summed E-state index contributed by atoms with van der Waals surface area (Å²) in [5.41, 5.74) is 1.05. The summed E-state index contributed by atoms with van der Waals surface area (Å²) in [6.45, 7) is 1.89. The number of phenols is 1. The van der Waals surface area contributed by atoms with Gasteiger partial charge in [-0.05, 0) is 30.7 Å². The van der Waals surface area contributed by atoms with E-state index in [2.05, 4.69) is 0 Å². The lowest BCUT2D eigenvalue weighted by molar-refractivity contribution is -0.386. The van der Waals surface area contributed by atoms with Crippen LogP contribution in [0, 0.1) is 17.0 Å². The Kier molecular flexibility index (Phi) is 5.79. The Labute approximate surface area is 174 Å². The fourth-order valence-corrected chi connectivity index (χ4v) is 2.85. The number of carbonyl (C=O) groups excluding carboxylic acids is 3. The number of nitrogens with zero attached hydrogens (tertiary/aromatic N) is 1. The van der Waals surface area contributed by atoms with Crippen molar-refractivity contribution in [3.63, 3.8) is 0 Å². The fraction of sp³-hybridized carbons (Fsp3) is 0.0500. The van der Waals surface area contributed by atoms with Gasteiger partial charge in [0, 0.05) is 5.56 Å². The quantitative estimate of drug-likeness (QED) is 0.138. The molecule has 1 amide bonds. The smallest absolute Gasteiger partial charge is 0.382 e. The predicted molar refractivity (Wildman–Crippen MR) is 105 cm³/mol. The predicted octanol–water partition coefficient (Wildman–Crippen LogP) is 2.47. The lowest BCUT2D eigenvalue weighted by Crippen LogP contribution is -2.32. The number of furan rings is 1. The highest BCUT2D eigenvalue weighted by atomic mass is 16.6. The summed E-state index contributed by atoms with van der Waals surface area (Å²) in [6.07, 6.45) is 1.23. The van der Waals surface area contributed by atoms with Crippen LogP contribution in [0.3, 0.4) is 0 Å². The molecular formula is C20H15N3O8. The van der Waals surface area contributed by atoms with Gasteiger partial charge in [0.15, 0.2) is 5.75 Å². The number of amides is 1. The van der Waals surface area contributed by atoms with Gasteiger partial charge in [0.05, 0.1) is 16.7 Å². The molecule has 0 unspecified atom stereocenters. The van der Waals surface area contributed by atoms with E-state index in [0.29, 0.717) is 11.1 Å². The number of nitrogens with two attached hydrogens (primary N) is 1. The molecule has 3 aromatic rings. The number of hydrogen-bond donors (Lipinski definition) is 3. The number of ether oxygens (including phenoxy) is 1. The zero-order chi connectivity index (χ0) is 22.7. The third-order valence-corrected chi connectivity index (χ3v) is 4.32. The Morgan fingerprint density at radius 1 is 1.10 bits per heavy atom. The van der Waals surface area contributed by atoms with Crippen molar-refractivity contribution < 1.29 is 33.6 Å². The van der Waals surface area contributed by atoms with Crippen LogP contribution < -0.4 is 11.3 Å². The number of nitrogens with one attached hydrogen (secondary N) is 1. The summed E-state index contributed by atoms with van der Waals surface area (Å²) < 4.78 is 9.93. The first-order chi connectivity index (χ1) is 14.7. The van der Waals surface area contributed by atoms with Crippen molar-refractivity contribution in [1.29, 1.82) is 0 Å². The van der Waals surface area contributed by atoms with E-state index in [1.54, 1.807) is 17.6 Å². The molecule has 2 aromatic carbocycles. The normalized spacial score (nSPS) is 10.4. The first-order valence-electron chi connectivity index (χ1n) is 8.67. The summed E-state index contributed by atoms with van der Waals surface area (Å²) in [6, 6.07) is 10.3. The van der Waals surface area contributed by atoms with E-state index in [0.717, 1.165) is 17.7 Å². The third-order valence-electron chi connectivity index (χ3n) is 4.32. The number of nitrogen functional groups attached to an aromatic ring is 1. The molecule has 0 aliphatic rings. The number of rotatable bonds is 5. The molecule has 11 nitrogen and oxygen atoms in total. The molecule has 0 spiro atoms. The maximum absolute atomic E-state index is 12.6. The van der Waals surface area contributed by atoms with Crippen molar-refractivity contribution >= 4 is 23.5 Å². The number of aryl methyl sites for hydroxylation is 1. The van der Waals surface area contributed by atoms with Gasteiger partial charge >= 0.3 is 17.6 Å². The number of phenolic OH excluding ortho intramolecular Hbond substituents is 1. The highest BCUT2D eigenvalue weighted by Crippen LogP contribution is 2.33. The van der Waals surface area contributed by atoms with Gasteiger partial charge in [-0.25, -0.2) is 15.4 Å². The minimum atomic E-state index is -1.38. The largest absolute Gasteiger partial charge is 0.502 e. The molecule has 0 fully saturated rings. The monoisotopic (exact) mass is 425 g/mol. The molecule has 11 heteroatoms. The Balaban J connectivity index is 1.96. The zero-order valence-corrected chi connectivity index (χ0v) is 15.9. The average molecular weight is 425 g/mol. The van der Waals surface area contributed by atoms with Gasteiger partial charge in [-0.1, -0.05) is 29.8 Å². The summed E-state index contributed by atoms with van der Waals surface area (Å²) in [5.74, 6) is 0.0769. The van der Waals surface area contributed by atoms with Crippen LogP contribution in [0.2, 0.25) is 0 Å². The maximum atomic E-state index is 12.6. The van der Waals surface area contributed by atoms with Gasteiger partial charge in [-0.2, -0.15) is 0 Å². The fourth-order valence-electron chi connectivity index (χ4n) is 2.85. The van der Waals surface area contributed by atoms with E-state index in [1.165, 1.54) is 12.3 Å². The molecule has 158 valence electrons. The van der Waals surface area contributed by atoms with Gasteiger partial charge in [0.25, 0.3) is 5.91 Å². The van der Waals surface area contributed by atoms with Crippen LogP contribution in [0.1, 0.15) is 36.8 Å². The van der Waals surface area contributed by atoms with Crippen LogP contribution in [0.4, 0.5) is 5.69 Å². The van der Waals surface area contributed by atoms with Crippen LogP contribution in [-0.4, -0.2) is 27.9 Å². The van der Waals surface area contributed by atoms with Crippen LogP contribution in [0.15, 0.2) is 53.1 Å². The molecule has 31 heavy (non-hydrogen) atoms. The van der Waals surface area contributed by atoms with Crippen LogP contribution in [0.5, 0.6) is 5.75 Å². The number of esters is 2. The third kappa shape index (κ3) is 4.11. The summed E-state index contributed by atoms with van der Waals surface area (Å²) in [4.78, 5) is 47.3. The van der Waals surface area contributed by atoms with Gasteiger partial charge in [-0.3, -0.25) is 20.3 Å². The molecular weight excluding hydrogens is 410 g/mol. The number of aromatic hydroxyl groups is 1. The van der Waals surface area contributed by atoms with E-state index in [4.69, 9.17) is 15.0 Å². The molecule has 0 saturated carbocycles. The van der Waals surface area contributed by atoms with Gasteiger partial charge in [0.2, 0.25) is 5.76 Å². The summed E-state index contributed by atoms with van der Waals surface area (Å²) >= 11 is 0. The van der Waals surface area contributed by atoms with Crippen molar-refractivity contribution in [2.24, 2.45) is 5.84 Å². The van der Waals surface area contributed by atoms with Crippen LogP contribution in [-0.2, 0) is 4.74 Å². The lowest BCUT2D eigenvalue weighted by atomic mass is 10.0. The zero-order valence-electron chi connectivity index (χ0n) is 15.9. The second-order valence-electron chi connectivity index (χ2n) is 6.29. The minimum Gasteiger partial charge on any atom is -0.502 e. The Morgan fingerprint density at radius 2 is 1.77 bits per heavy atom. The van der Waals surface area contributed by atoms with E-state index < -0.39 is 45.3 Å². The molecule has 4 N–H and O–H groups in total. The van der Waals surface area contributed by atoms with E-state index in [9.17, 15) is 29.6 Å². The SMILES string of the molecule is Cc1ccc(-c2ccoc2C(=O)OC(=O)c2ccc(O)c([N+](=O)[O-])c2C(=O)NN)cc1. The molecule has 0 atom stereocenters. The highest BCUT2D eigenvalue weighted by molar-refractivity contribution is 6.12. The maximum Gasteiger partial charge on any atom is 0.382 e. The number of hydrazine groups is 1. The van der Waals surface area contributed by atoms with Crippen LogP contribution >= 0.6 is 0 Å². The topological polar surface area (TPSA) is 175 Å². The lowest BCUT2D eigenvalue weighted by Gasteiger charge is -2.09. The first-order valence-corrected chi connectivity index (χ1v) is 8.67. The number of benzene rings is 2. The van der Waals surface area contributed by atoms with E-state index >= 15 is 0 Å². The van der Waals surface area contributed by atoms with Crippen molar-refractivity contribution in [3.8, 4) is 16.9 Å².